The first-order valence-electron chi connectivity index (χ1n) is 7.74. The van der Waals surface area contributed by atoms with E-state index >= 15 is 0 Å². The lowest BCUT2D eigenvalue weighted by Crippen LogP contribution is -1.94. The van der Waals surface area contributed by atoms with Crippen molar-refractivity contribution < 1.29 is 13.6 Å². The fraction of sp³-hybridized carbons (Fsp3) is 0. The third-order valence-corrected chi connectivity index (χ3v) is 4.12. The molecule has 4 aromatic rings. The highest BCUT2D eigenvalue weighted by molar-refractivity contribution is 6.04. The lowest BCUT2D eigenvalue weighted by Gasteiger charge is -1.90. The Hall–Kier alpha value is -3.49. The van der Waals surface area contributed by atoms with Crippen LogP contribution in [0.1, 0.15) is 0 Å². The molecule has 1 aliphatic rings. The summed E-state index contributed by atoms with van der Waals surface area (Å²) in [5.74, 6) is 0. The van der Waals surface area contributed by atoms with Crippen molar-refractivity contribution in [1.82, 2.24) is 4.98 Å². The number of nitrogens with zero attached hydrogens (tertiary/aromatic N) is 3. The smallest absolute Gasteiger partial charge is 0.438 e. The van der Waals surface area contributed by atoms with Crippen molar-refractivity contribution in [3.8, 4) is 0 Å². The zero-order valence-corrected chi connectivity index (χ0v) is 12.8. The van der Waals surface area contributed by atoms with Gasteiger partial charge in [-0.15, -0.1) is 0 Å². The van der Waals surface area contributed by atoms with Crippen LogP contribution in [-0.2, 0) is 0 Å². The molecule has 3 heterocycles. The van der Waals surface area contributed by atoms with E-state index in [4.69, 9.17) is 4.42 Å². The van der Waals surface area contributed by atoms with Gasteiger partial charge < -0.3 is 4.42 Å². The van der Waals surface area contributed by atoms with Crippen molar-refractivity contribution in [2.75, 3.05) is 0 Å². The Morgan fingerprint density at radius 2 is 1.62 bits per heavy atom. The molecule has 0 fully saturated rings. The number of pyridine rings is 1. The molecule has 4 nitrogen and oxygen atoms in total. The molecule has 112 valence electrons. The second-order valence-corrected chi connectivity index (χ2v) is 5.61. The fourth-order valence-corrected chi connectivity index (χ4v) is 2.94. The molecule has 2 aromatic heterocycles. The van der Waals surface area contributed by atoms with Gasteiger partial charge in [0.05, 0.1) is 0 Å². The molecule has 1 aliphatic heterocycles. The Bertz CT molecular complexity index is 1180. The summed E-state index contributed by atoms with van der Waals surface area (Å²) in [6, 6.07) is 23.6. The van der Waals surface area contributed by atoms with Crippen molar-refractivity contribution in [3.05, 3.63) is 79.3 Å². The number of hydrogen-bond donors (Lipinski definition) is 0. The molecule has 4 heteroatoms. The molecule has 0 saturated carbocycles. The summed E-state index contributed by atoms with van der Waals surface area (Å²) in [5, 5.41) is 2.08. The van der Waals surface area contributed by atoms with E-state index in [1.165, 1.54) is 0 Å². The standard InChI is InChI=1S/C20H13N3O/c1-2-5-15(6-3-1)22-11-12-23(14-22)16-8-9-19-18(13-16)17-7-4-10-21-20(17)24-19/h1-13H/q+2. The van der Waals surface area contributed by atoms with Crippen molar-refractivity contribution in [2.24, 2.45) is 0 Å². The van der Waals surface area contributed by atoms with Gasteiger partial charge in [-0.25, -0.2) is 4.98 Å². The minimum atomic E-state index is 0.667. The van der Waals surface area contributed by atoms with Gasteiger partial charge >= 0.3 is 6.01 Å². The topological polar surface area (TPSA) is 32.0 Å². The minimum absolute atomic E-state index is 0.667. The predicted octanol–water partition coefficient (Wildman–Crippen LogP) is 4.63. The molecular formula is C20H13N3O+2. The average Bonchev–Trinajstić information content (AvgIpc) is 3.27. The van der Waals surface area contributed by atoms with Crippen LogP contribution < -0.4 is 0 Å². The van der Waals surface area contributed by atoms with E-state index in [9.17, 15) is 0 Å². The highest BCUT2D eigenvalue weighted by Crippen LogP contribution is 2.30. The van der Waals surface area contributed by atoms with Crippen LogP contribution in [0.2, 0.25) is 0 Å². The summed E-state index contributed by atoms with van der Waals surface area (Å²) in [6.07, 6.45) is 5.73. The van der Waals surface area contributed by atoms with E-state index in [0.717, 1.165) is 27.7 Å². The number of benzene rings is 2. The summed E-state index contributed by atoms with van der Waals surface area (Å²) in [7, 11) is 0. The molecule has 0 unspecified atom stereocenters. The molecule has 0 radical (unpaired) electrons. The number of aromatic nitrogens is 1. The van der Waals surface area contributed by atoms with Gasteiger partial charge in [0, 0.05) is 41.2 Å². The Labute approximate surface area is 137 Å². The van der Waals surface area contributed by atoms with Crippen molar-refractivity contribution in [1.29, 1.82) is 0 Å². The van der Waals surface area contributed by atoms with Crippen LogP contribution in [0, 0.1) is 0 Å². The first-order valence-corrected chi connectivity index (χ1v) is 7.74. The first-order chi connectivity index (χ1) is 11.9. The lowest BCUT2D eigenvalue weighted by molar-refractivity contribution is -0.387. The largest absolute Gasteiger partial charge is 0.501 e. The fourth-order valence-electron chi connectivity index (χ4n) is 2.94. The maximum Gasteiger partial charge on any atom is 0.501 e. The van der Waals surface area contributed by atoms with Gasteiger partial charge in [0.15, 0.2) is 0 Å². The molecule has 0 saturated heterocycles. The van der Waals surface area contributed by atoms with Crippen LogP contribution in [0.4, 0.5) is 11.4 Å². The highest BCUT2D eigenvalue weighted by atomic mass is 16.3. The first kappa shape index (κ1) is 13.0. The van der Waals surface area contributed by atoms with Gasteiger partial charge in [-0.3, -0.25) is 0 Å². The van der Waals surface area contributed by atoms with Gasteiger partial charge in [0.2, 0.25) is 17.1 Å². The van der Waals surface area contributed by atoms with Gasteiger partial charge in [-0.2, -0.15) is 0 Å². The summed E-state index contributed by atoms with van der Waals surface area (Å²) in [5.41, 5.74) is 3.62. The van der Waals surface area contributed by atoms with E-state index in [0.29, 0.717) is 5.71 Å². The van der Waals surface area contributed by atoms with E-state index < -0.39 is 0 Å². The van der Waals surface area contributed by atoms with Crippen LogP contribution in [-0.4, -0.2) is 20.1 Å². The van der Waals surface area contributed by atoms with Gasteiger partial charge in [-0.05, 0) is 18.2 Å². The number of fused-ring (bicyclic) bond motifs is 3. The molecule has 0 spiro atoms. The van der Waals surface area contributed by atoms with E-state index in [1.807, 2.05) is 64.0 Å². The van der Waals surface area contributed by atoms with Crippen molar-refractivity contribution in [3.63, 3.8) is 0 Å². The van der Waals surface area contributed by atoms with E-state index in [-0.39, 0.29) is 0 Å². The quantitative estimate of drug-likeness (QED) is 0.506. The van der Waals surface area contributed by atoms with E-state index in [1.54, 1.807) is 6.20 Å². The van der Waals surface area contributed by atoms with Crippen LogP contribution in [0.5, 0.6) is 0 Å². The molecule has 0 N–H and O–H groups in total. The molecule has 0 bridgehead atoms. The lowest BCUT2D eigenvalue weighted by atomic mass is 10.2. The maximum atomic E-state index is 5.78. The summed E-state index contributed by atoms with van der Waals surface area (Å²) in [4.78, 5) is 4.28. The Morgan fingerprint density at radius 3 is 2.50 bits per heavy atom. The van der Waals surface area contributed by atoms with Crippen LogP contribution in [0.25, 0.3) is 22.1 Å². The van der Waals surface area contributed by atoms with E-state index in [2.05, 4.69) is 29.2 Å². The molecular weight excluding hydrogens is 298 g/mol. The summed E-state index contributed by atoms with van der Waals surface area (Å²) < 4.78 is 9.73. The normalized spacial score (nSPS) is 13.5. The van der Waals surface area contributed by atoms with Gasteiger partial charge in [0.25, 0.3) is 12.4 Å². The van der Waals surface area contributed by atoms with Gasteiger partial charge in [-0.1, -0.05) is 27.4 Å². The number of hydrogen-bond acceptors (Lipinski definition) is 2. The second-order valence-electron chi connectivity index (χ2n) is 5.61. The number of para-hydroxylation sites is 1. The van der Waals surface area contributed by atoms with Crippen LogP contribution in [0.15, 0.2) is 83.7 Å². The molecule has 0 aliphatic carbocycles. The highest BCUT2D eigenvalue weighted by Gasteiger charge is 2.22. The third-order valence-electron chi connectivity index (χ3n) is 4.12. The predicted molar refractivity (Wildman–Crippen MR) is 91.9 cm³/mol. The molecule has 0 amide bonds. The Morgan fingerprint density at radius 1 is 0.792 bits per heavy atom. The third kappa shape index (κ3) is 1.98. The Balaban J connectivity index is 1.69. The monoisotopic (exact) mass is 311 g/mol. The van der Waals surface area contributed by atoms with Gasteiger partial charge in [0.1, 0.15) is 5.58 Å². The van der Waals surface area contributed by atoms with Crippen LogP contribution in [0.3, 0.4) is 0 Å². The summed E-state index contributed by atoms with van der Waals surface area (Å²) >= 11 is 0. The number of furan rings is 1. The average molecular weight is 311 g/mol. The summed E-state index contributed by atoms with van der Waals surface area (Å²) in [6.45, 7) is 0. The van der Waals surface area contributed by atoms with Crippen molar-refractivity contribution >= 4 is 39.5 Å². The van der Waals surface area contributed by atoms with Crippen molar-refractivity contribution in [2.45, 2.75) is 0 Å². The SMILES string of the molecule is C1=[N+](c2ccccc2)C=C[N+]=1c1ccc2oc3ncccc3c2c1. The molecule has 24 heavy (non-hydrogen) atoms. The Kier molecular flexibility index (Phi) is 2.72. The zero-order valence-electron chi connectivity index (χ0n) is 12.8. The minimum Gasteiger partial charge on any atom is -0.438 e. The number of rotatable bonds is 2. The maximum absolute atomic E-state index is 5.78. The molecule has 5 rings (SSSR count). The second kappa shape index (κ2) is 5.01. The molecule has 0 atom stereocenters. The van der Waals surface area contributed by atoms with Crippen LogP contribution >= 0.6 is 0 Å². The molecule has 2 aromatic carbocycles. The zero-order chi connectivity index (χ0) is 15.9.